The van der Waals surface area contributed by atoms with Gasteiger partial charge in [0.05, 0.1) is 13.5 Å². The first-order valence-electron chi connectivity index (χ1n) is 10.1. The van der Waals surface area contributed by atoms with E-state index in [1.165, 1.54) is 24.9 Å². The molecule has 0 saturated carbocycles. The smallest absolute Gasteiger partial charge is 0.247 e. The van der Waals surface area contributed by atoms with Crippen LogP contribution in [0.3, 0.4) is 0 Å². The molecule has 7 nitrogen and oxygen atoms in total. The van der Waals surface area contributed by atoms with Gasteiger partial charge in [-0.15, -0.1) is 10.2 Å². The minimum atomic E-state index is 0.524. The van der Waals surface area contributed by atoms with E-state index in [0.29, 0.717) is 24.1 Å². The van der Waals surface area contributed by atoms with Crippen LogP contribution in [-0.2, 0) is 12.8 Å². The van der Waals surface area contributed by atoms with Gasteiger partial charge in [-0.1, -0.05) is 0 Å². The number of rotatable bonds is 5. The zero-order valence-corrected chi connectivity index (χ0v) is 16.5. The average molecular weight is 389 g/mol. The second kappa shape index (κ2) is 7.66. The summed E-state index contributed by atoms with van der Waals surface area (Å²) in [4.78, 5) is 11.3. The zero-order chi connectivity index (χ0) is 19.6. The number of anilines is 1. The lowest BCUT2D eigenvalue weighted by molar-refractivity contribution is 0.399. The molecule has 5 rings (SSSR count). The fraction of sp³-hybridized carbons (Fsp3) is 0.364. The SMILES string of the molecule is COc1nccc2c1N=C(Cc1nnc(-c3ccc(N4CCCCC4)cc3)o1)C2. The summed E-state index contributed by atoms with van der Waals surface area (Å²) in [6.45, 7) is 2.27. The summed E-state index contributed by atoms with van der Waals surface area (Å²) in [5, 5.41) is 8.45. The Balaban J connectivity index is 1.29. The van der Waals surface area contributed by atoms with Crippen LogP contribution in [0.2, 0.25) is 0 Å². The number of hydrogen-bond acceptors (Lipinski definition) is 7. The van der Waals surface area contributed by atoms with E-state index in [4.69, 9.17) is 9.15 Å². The van der Waals surface area contributed by atoms with Gasteiger partial charge in [0.2, 0.25) is 17.7 Å². The van der Waals surface area contributed by atoms with Gasteiger partial charge in [-0.3, -0.25) is 4.99 Å². The van der Waals surface area contributed by atoms with E-state index in [9.17, 15) is 0 Å². The highest BCUT2D eigenvalue weighted by Gasteiger charge is 2.21. The molecule has 1 saturated heterocycles. The maximum Gasteiger partial charge on any atom is 0.247 e. The number of benzene rings is 1. The standard InChI is InChI=1S/C22H23N5O2/c1-28-22-20-16(9-10-23-22)13-17(24-20)14-19-25-26-21(29-19)15-5-7-18(8-6-15)27-11-3-2-4-12-27/h5-10H,2-4,11-14H2,1H3. The molecule has 0 aliphatic carbocycles. The average Bonchev–Trinajstić information content (AvgIpc) is 3.41. The van der Waals surface area contributed by atoms with E-state index in [1.807, 2.05) is 6.07 Å². The molecule has 1 aromatic carbocycles. The van der Waals surface area contributed by atoms with Crippen molar-refractivity contribution < 1.29 is 9.15 Å². The summed E-state index contributed by atoms with van der Waals surface area (Å²) in [7, 11) is 1.61. The molecule has 4 heterocycles. The molecular weight excluding hydrogens is 366 g/mol. The van der Waals surface area contributed by atoms with Crippen molar-refractivity contribution in [2.75, 3.05) is 25.1 Å². The second-order valence-electron chi connectivity index (χ2n) is 7.46. The molecule has 7 heteroatoms. The first kappa shape index (κ1) is 17.8. The molecule has 2 aromatic heterocycles. The molecule has 148 valence electrons. The Hall–Kier alpha value is -3.22. The van der Waals surface area contributed by atoms with Gasteiger partial charge >= 0.3 is 0 Å². The van der Waals surface area contributed by atoms with Crippen LogP contribution in [0.25, 0.3) is 11.5 Å². The molecule has 3 aromatic rings. The summed E-state index contributed by atoms with van der Waals surface area (Å²) in [5.74, 6) is 1.66. The summed E-state index contributed by atoms with van der Waals surface area (Å²) in [6, 6.07) is 10.4. The lowest BCUT2D eigenvalue weighted by Gasteiger charge is -2.28. The third kappa shape index (κ3) is 3.60. The fourth-order valence-corrected chi connectivity index (χ4v) is 3.99. The zero-order valence-electron chi connectivity index (χ0n) is 16.5. The largest absolute Gasteiger partial charge is 0.479 e. The molecule has 0 amide bonds. The maximum atomic E-state index is 5.91. The van der Waals surface area contributed by atoms with E-state index in [-0.39, 0.29) is 0 Å². The van der Waals surface area contributed by atoms with Gasteiger partial charge in [0, 0.05) is 42.7 Å². The van der Waals surface area contributed by atoms with Gasteiger partial charge in [-0.25, -0.2) is 4.98 Å². The number of aromatic nitrogens is 3. The number of aliphatic imine (C=N–C) groups is 1. The van der Waals surface area contributed by atoms with Crippen molar-refractivity contribution in [1.82, 2.24) is 15.2 Å². The van der Waals surface area contributed by atoms with E-state index in [0.717, 1.165) is 42.0 Å². The number of pyridine rings is 1. The van der Waals surface area contributed by atoms with Crippen LogP contribution >= 0.6 is 0 Å². The first-order valence-corrected chi connectivity index (χ1v) is 10.1. The molecule has 29 heavy (non-hydrogen) atoms. The van der Waals surface area contributed by atoms with Crippen LogP contribution in [0.5, 0.6) is 5.88 Å². The molecule has 0 radical (unpaired) electrons. The predicted molar refractivity (Wildman–Crippen MR) is 111 cm³/mol. The number of nitrogens with zero attached hydrogens (tertiary/aromatic N) is 5. The molecule has 0 bridgehead atoms. The van der Waals surface area contributed by atoms with E-state index in [1.54, 1.807) is 13.3 Å². The molecule has 2 aliphatic heterocycles. The number of piperidine rings is 1. The normalized spacial score (nSPS) is 15.9. The number of hydrogen-bond donors (Lipinski definition) is 0. The summed E-state index contributed by atoms with van der Waals surface area (Å²) < 4.78 is 11.2. The van der Waals surface area contributed by atoms with Crippen LogP contribution in [0.4, 0.5) is 11.4 Å². The molecule has 0 atom stereocenters. The lowest BCUT2D eigenvalue weighted by Crippen LogP contribution is -2.29. The van der Waals surface area contributed by atoms with Gasteiger partial charge in [0.15, 0.2) is 0 Å². The highest BCUT2D eigenvalue weighted by atomic mass is 16.5. The Morgan fingerprint density at radius 3 is 2.66 bits per heavy atom. The topological polar surface area (TPSA) is 76.6 Å². The predicted octanol–water partition coefficient (Wildman–Crippen LogP) is 4.00. The molecule has 0 unspecified atom stereocenters. The molecule has 2 aliphatic rings. The molecule has 1 fully saturated rings. The number of fused-ring (bicyclic) bond motifs is 1. The Labute approximate surface area is 169 Å². The second-order valence-corrected chi connectivity index (χ2v) is 7.46. The molecule has 0 spiro atoms. The Bertz CT molecular complexity index is 1040. The molecular formula is C22H23N5O2. The van der Waals surface area contributed by atoms with Crippen molar-refractivity contribution in [3.8, 4) is 17.3 Å². The third-order valence-corrected chi connectivity index (χ3v) is 5.49. The van der Waals surface area contributed by atoms with Gasteiger partial charge in [-0.05, 0) is 55.2 Å². The minimum absolute atomic E-state index is 0.524. The summed E-state index contributed by atoms with van der Waals surface area (Å²) >= 11 is 0. The Morgan fingerprint density at radius 1 is 1.03 bits per heavy atom. The van der Waals surface area contributed by atoms with Crippen LogP contribution in [0.1, 0.15) is 30.7 Å². The van der Waals surface area contributed by atoms with Gasteiger partial charge < -0.3 is 14.1 Å². The van der Waals surface area contributed by atoms with Crippen molar-refractivity contribution in [3.05, 3.63) is 48.0 Å². The van der Waals surface area contributed by atoms with Gasteiger partial charge in [0.25, 0.3) is 0 Å². The van der Waals surface area contributed by atoms with Crippen molar-refractivity contribution >= 4 is 17.1 Å². The van der Waals surface area contributed by atoms with Crippen LogP contribution in [0, 0.1) is 0 Å². The van der Waals surface area contributed by atoms with E-state index >= 15 is 0 Å². The minimum Gasteiger partial charge on any atom is -0.479 e. The van der Waals surface area contributed by atoms with Crippen molar-refractivity contribution in [3.63, 3.8) is 0 Å². The molecule has 0 N–H and O–H groups in total. The van der Waals surface area contributed by atoms with Crippen LogP contribution in [0.15, 0.2) is 45.9 Å². The van der Waals surface area contributed by atoms with E-state index < -0.39 is 0 Å². The summed E-state index contributed by atoms with van der Waals surface area (Å²) in [6.07, 6.45) is 6.88. The first-order chi connectivity index (χ1) is 14.3. The Kier molecular flexibility index (Phi) is 4.71. The van der Waals surface area contributed by atoms with Crippen molar-refractivity contribution in [1.29, 1.82) is 0 Å². The monoisotopic (exact) mass is 389 g/mol. The van der Waals surface area contributed by atoms with Crippen molar-refractivity contribution in [2.45, 2.75) is 32.1 Å². The summed E-state index contributed by atoms with van der Waals surface area (Å²) in [5.41, 5.74) is 5.08. The van der Waals surface area contributed by atoms with E-state index in [2.05, 4.69) is 49.3 Å². The highest BCUT2D eigenvalue weighted by Crippen LogP contribution is 2.35. The number of ether oxygens (including phenoxy) is 1. The third-order valence-electron chi connectivity index (χ3n) is 5.49. The quantitative estimate of drug-likeness (QED) is 0.656. The van der Waals surface area contributed by atoms with Gasteiger partial charge in [-0.2, -0.15) is 0 Å². The van der Waals surface area contributed by atoms with Crippen molar-refractivity contribution in [2.24, 2.45) is 4.99 Å². The highest BCUT2D eigenvalue weighted by molar-refractivity contribution is 5.95. The maximum absolute atomic E-state index is 5.91. The van der Waals surface area contributed by atoms with Crippen LogP contribution in [-0.4, -0.2) is 41.1 Å². The lowest BCUT2D eigenvalue weighted by atomic mass is 10.1. The van der Waals surface area contributed by atoms with Gasteiger partial charge in [0.1, 0.15) is 5.69 Å². The number of methoxy groups -OCH3 is 1. The fourth-order valence-electron chi connectivity index (χ4n) is 3.99. The Morgan fingerprint density at radius 2 is 1.86 bits per heavy atom. The van der Waals surface area contributed by atoms with Crippen LogP contribution < -0.4 is 9.64 Å².